The lowest BCUT2D eigenvalue weighted by Gasteiger charge is -2.34. The van der Waals surface area contributed by atoms with Crippen LogP contribution < -0.4 is 10.6 Å². The van der Waals surface area contributed by atoms with Crippen molar-refractivity contribution >= 4 is 56.7 Å². The lowest BCUT2D eigenvalue weighted by atomic mass is 9.97. The SMILES string of the molecule is CC1CCN([C@@H]2C[C@@H](C(=O)N[C@@H](Cc3ccc(NC(=O)c4c(Cl)cncc4Cl)cc3)C(=O)O)N(S(=O)(=O)c3cccc(C#N)c3)C2)CC1. The van der Waals surface area contributed by atoms with Crippen LogP contribution in [0.5, 0.6) is 0 Å². The highest BCUT2D eigenvalue weighted by Crippen LogP contribution is 2.32. The van der Waals surface area contributed by atoms with Gasteiger partial charge in [0.25, 0.3) is 5.91 Å². The Balaban J connectivity index is 1.32. The minimum atomic E-state index is -4.21. The number of anilines is 1. The lowest BCUT2D eigenvalue weighted by molar-refractivity contribution is -0.142. The van der Waals surface area contributed by atoms with Crippen molar-refractivity contribution in [3.8, 4) is 6.07 Å². The number of nitrogens with one attached hydrogen (secondary N) is 2. The Kier molecular flexibility index (Phi) is 11.0. The Morgan fingerprint density at radius 2 is 1.75 bits per heavy atom. The van der Waals surface area contributed by atoms with Gasteiger partial charge in [-0.1, -0.05) is 48.3 Å². The smallest absolute Gasteiger partial charge is 0.326 e. The predicted octanol–water partition coefficient (Wildman–Crippen LogP) is 4.19. The van der Waals surface area contributed by atoms with E-state index in [0.29, 0.717) is 17.2 Å². The van der Waals surface area contributed by atoms with Crippen LogP contribution in [0, 0.1) is 17.2 Å². The minimum Gasteiger partial charge on any atom is -0.480 e. The molecule has 0 radical (unpaired) electrons. The van der Waals surface area contributed by atoms with Gasteiger partial charge >= 0.3 is 5.97 Å². The molecular formula is C33H34Cl2N6O6S. The third kappa shape index (κ3) is 7.97. The molecule has 5 rings (SSSR count). The molecule has 3 N–H and O–H groups in total. The van der Waals surface area contributed by atoms with Gasteiger partial charge in [-0.15, -0.1) is 0 Å². The predicted molar refractivity (Wildman–Crippen MR) is 179 cm³/mol. The fraction of sp³-hybridized carbons (Fsp3) is 0.364. The monoisotopic (exact) mass is 712 g/mol. The highest BCUT2D eigenvalue weighted by molar-refractivity contribution is 7.89. The van der Waals surface area contributed by atoms with E-state index in [1.165, 1.54) is 36.7 Å². The van der Waals surface area contributed by atoms with Crippen molar-refractivity contribution in [2.45, 2.75) is 55.6 Å². The highest BCUT2D eigenvalue weighted by atomic mass is 35.5. The summed E-state index contributed by atoms with van der Waals surface area (Å²) in [6, 6.07) is 11.2. The molecule has 15 heteroatoms. The molecule has 1 aromatic heterocycles. The normalized spacial score (nSPS) is 19.7. The van der Waals surface area contributed by atoms with Crippen molar-refractivity contribution in [3.05, 3.63) is 87.7 Å². The van der Waals surface area contributed by atoms with Crippen molar-refractivity contribution in [1.29, 1.82) is 5.26 Å². The number of rotatable bonds is 10. The van der Waals surface area contributed by atoms with Gasteiger partial charge in [-0.3, -0.25) is 19.5 Å². The highest BCUT2D eigenvalue weighted by Gasteiger charge is 2.46. The van der Waals surface area contributed by atoms with Gasteiger partial charge in [0.05, 0.1) is 32.1 Å². The molecule has 2 aliphatic heterocycles. The number of piperidine rings is 1. The molecule has 2 amide bonds. The van der Waals surface area contributed by atoms with Gasteiger partial charge in [-0.2, -0.15) is 9.57 Å². The maximum absolute atomic E-state index is 13.9. The topological polar surface area (TPSA) is 173 Å². The Bertz CT molecular complexity index is 1820. The lowest BCUT2D eigenvalue weighted by Crippen LogP contribution is -2.51. The van der Waals surface area contributed by atoms with E-state index < -0.39 is 39.9 Å². The molecule has 3 aromatic rings. The summed E-state index contributed by atoms with van der Waals surface area (Å²) in [5.41, 5.74) is 1.17. The van der Waals surface area contributed by atoms with E-state index in [-0.39, 0.29) is 51.5 Å². The number of halogens is 2. The van der Waals surface area contributed by atoms with E-state index >= 15 is 0 Å². The molecule has 0 aliphatic carbocycles. The number of benzene rings is 2. The number of sulfonamides is 1. The zero-order valence-electron chi connectivity index (χ0n) is 26.0. The van der Waals surface area contributed by atoms with Gasteiger partial charge in [-0.05, 0) is 74.2 Å². The van der Waals surface area contributed by atoms with E-state index in [0.717, 1.165) is 30.2 Å². The summed E-state index contributed by atoms with van der Waals surface area (Å²) in [5.74, 6) is -2.01. The summed E-state index contributed by atoms with van der Waals surface area (Å²) in [7, 11) is -4.21. The molecule has 2 saturated heterocycles. The van der Waals surface area contributed by atoms with Crippen LogP contribution >= 0.6 is 23.2 Å². The molecule has 2 fully saturated rings. The van der Waals surface area contributed by atoms with Crippen LogP contribution in [0.1, 0.15) is 47.7 Å². The van der Waals surface area contributed by atoms with E-state index in [1.807, 2.05) is 6.07 Å². The number of carboxylic acid groups (broad SMARTS) is 1. The molecule has 3 heterocycles. The molecule has 2 aliphatic rings. The van der Waals surface area contributed by atoms with Gasteiger partial charge in [0.1, 0.15) is 12.1 Å². The Morgan fingerprint density at radius 1 is 1.08 bits per heavy atom. The Morgan fingerprint density at radius 3 is 2.38 bits per heavy atom. The van der Waals surface area contributed by atoms with Crippen molar-refractivity contribution in [2.24, 2.45) is 5.92 Å². The number of hydrogen-bond acceptors (Lipinski definition) is 8. The summed E-state index contributed by atoms with van der Waals surface area (Å²) >= 11 is 12.1. The molecule has 0 unspecified atom stereocenters. The van der Waals surface area contributed by atoms with E-state index in [2.05, 4.69) is 27.4 Å². The van der Waals surface area contributed by atoms with Gasteiger partial charge in [-0.25, -0.2) is 13.2 Å². The number of hydrogen-bond donors (Lipinski definition) is 3. The van der Waals surface area contributed by atoms with Gasteiger partial charge in [0.15, 0.2) is 0 Å². The summed E-state index contributed by atoms with van der Waals surface area (Å²) < 4.78 is 28.9. The second-order valence-corrected chi connectivity index (χ2v) is 14.8. The molecule has 2 aromatic carbocycles. The third-order valence-corrected chi connectivity index (χ3v) is 11.2. The first-order valence-electron chi connectivity index (χ1n) is 15.4. The Hall–Kier alpha value is -4.06. The maximum atomic E-state index is 13.9. The van der Waals surface area contributed by atoms with Gasteiger partial charge in [0.2, 0.25) is 15.9 Å². The first-order valence-corrected chi connectivity index (χ1v) is 17.6. The minimum absolute atomic E-state index is 0.0592. The number of carbonyl (C=O) groups is 3. The number of likely N-dealkylation sites (tertiary alicyclic amines) is 1. The first-order chi connectivity index (χ1) is 22.9. The summed E-state index contributed by atoms with van der Waals surface area (Å²) in [4.78, 5) is 44.7. The molecular weight excluding hydrogens is 679 g/mol. The second-order valence-electron chi connectivity index (χ2n) is 12.1. The number of nitriles is 1. The average molecular weight is 714 g/mol. The zero-order chi connectivity index (χ0) is 34.6. The zero-order valence-corrected chi connectivity index (χ0v) is 28.3. The van der Waals surface area contributed by atoms with E-state index in [1.54, 1.807) is 24.3 Å². The molecule has 0 spiro atoms. The van der Waals surface area contributed by atoms with Crippen LogP contribution in [-0.2, 0) is 26.0 Å². The van der Waals surface area contributed by atoms with Crippen molar-refractivity contribution in [3.63, 3.8) is 0 Å². The number of pyridine rings is 1. The van der Waals surface area contributed by atoms with Gasteiger partial charge < -0.3 is 15.7 Å². The number of nitrogens with zero attached hydrogens (tertiary/aromatic N) is 4. The van der Waals surface area contributed by atoms with Crippen LogP contribution in [0.4, 0.5) is 5.69 Å². The number of carbonyl (C=O) groups excluding carboxylic acids is 2. The maximum Gasteiger partial charge on any atom is 0.326 e. The largest absolute Gasteiger partial charge is 0.480 e. The van der Waals surface area contributed by atoms with Crippen LogP contribution in [-0.4, -0.2) is 83.3 Å². The van der Waals surface area contributed by atoms with E-state index in [4.69, 9.17) is 23.2 Å². The Labute approximate surface area is 288 Å². The fourth-order valence-electron chi connectivity index (χ4n) is 6.06. The van der Waals surface area contributed by atoms with Crippen LogP contribution in [0.25, 0.3) is 0 Å². The van der Waals surface area contributed by atoms with Crippen molar-refractivity contribution in [2.75, 3.05) is 25.0 Å². The summed E-state index contributed by atoms with van der Waals surface area (Å²) in [5, 5.41) is 24.8. The first kappa shape index (κ1) is 35.3. The number of amides is 2. The fourth-order valence-corrected chi connectivity index (χ4v) is 8.28. The average Bonchev–Trinajstić information content (AvgIpc) is 3.52. The quantitative estimate of drug-likeness (QED) is 0.279. The van der Waals surface area contributed by atoms with Crippen LogP contribution in [0.15, 0.2) is 65.8 Å². The summed E-state index contributed by atoms with van der Waals surface area (Å²) in [6.45, 7) is 3.78. The number of aromatic nitrogens is 1. The van der Waals surface area contributed by atoms with E-state index in [9.17, 15) is 33.2 Å². The third-order valence-electron chi connectivity index (χ3n) is 8.79. The second kappa shape index (κ2) is 15.0. The standard InChI is InChI=1S/C33H34Cl2N6O6S/c1-20-9-11-40(12-10-20)24-15-29(41(19-24)48(46,47)25-4-2-3-22(13-25)16-36)31(42)39-28(33(44)45)14-21-5-7-23(8-6-21)38-32(43)30-26(34)17-37-18-27(30)35/h2-8,13,17-18,20,24,28-29H,9-12,14-15,19H2,1H3,(H,38,43)(H,39,42)(H,44,45)/t24-,28+,29+/m1/s1. The van der Waals surface area contributed by atoms with Gasteiger partial charge in [0, 0.05) is 37.1 Å². The number of aliphatic carboxylic acids is 1. The van der Waals surface area contributed by atoms with Crippen LogP contribution in [0.2, 0.25) is 10.0 Å². The summed E-state index contributed by atoms with van der Waals surface area (Å²) in [6.07, 6.45) is 4.61. The number of carboxylic acids is 1. The molecule has 48 heavy (non-hydrogen) atoms. The molecule has 12 nitrogen and oxygen atoms in total. The van der Waals surface area contributed by atoms with Crippen LogP contribution in [0.3, 0.4) is 0 Å². The molecule has 3 atom stereocenters. The van der Waals surface area contributed by atoms with Crippen molar-refractivity contribution in [1.82, 2.24) is 19.5 Å². The molecule has 252 valence electrons. The molecule has 0 saturated carbocycles. The van der Waals surface area contributed by atoms with Crippen molar-refractivity contribution < 1.29 is 27.9 Å². The molecule has 0 bridgehead atoms.